The number of anilines is 2. The van der Waals surface area contributed by atoms with Crippen molar-refractivity contribution < 1.29 is 14.3 Å². The molecule has 0 radical (unpaired) electrons. The Kier molecular flexibility index (Phi) is 4.48. The molecule has 0 saturated heterocycles. The molecule has 8 nitrogen and oxygen atoms in total. The Balaban J connectivity index is 1.61. The Bertz CT molecular complexity index is 1440. The predicted molar refractivity (Wildman–Crippen MR) is 117 cm³/mol. The standard InChI is InChI=1S/C22H18N4O4S/c1-12(27)13-4-3-5-14(8-13)25-10-23-22-26(11-25)21(29)19(31-22)18-16-9-15(30-2)6-7-17(16)24-20(18)28/h3-9H,10-11H2,1-2H3,(H,24,28). The van der Waals surface area contributed by atoms with Crippen molar-refractivity contribution in [3.05, 3.63) is 73.3 Å². The number of methoxy groups -OCH3 is 1. The van der Waals surface area contributed by atoms with Gasteiger partial charge in [-0.3, -0.25) is 19.0 Å². The minimum atomic E-state index is -0.314. The second-order valence-electron chi connectivity index (χ2n) is 7.27. The number of hydrogen-bond donors (Lipinski definition) is 1. The van der Waals surface area contributed by atoms with Gasteiger partial charge in [-0.2, -0.15) is 0 Å². The van der Waals surface area contributed by atoms with Crippen molar-refractivity contribution in [2.24, 2.45) is 4.99 Å². The molecule has 0 fully saturated rings. The molecule has 0 unspecified atom stereocenters. The van der Waals surface area contributed by atoms with E-state index in [-0.39, 0.29) is 23.9 Å². The van der Waals surface area contributed by atoms with Gasteiger partial charge in [-0.05, 0) is 37.3 Å². The van der Waals surface area contributed by atoms with E-state index in [2.05, 4.69) is 10.3 Å². The maximum absolute atomic E-state index is 13.3. The number of aromatic nitrogens is 1. The lowest BCUT2D eigenvalue weighted by Crippen LogP contribution is -2.43. The first-order valence-corrected chi connectivity index (χ1v) is 10.4. The summed E-state index contributed by atoms with van der Waals surface area (Å²) in [5, 5.41) is 2.81. The van der Waals surface area contributed by atoms with Gasteiger partial charge in [0, 0.05) is 22.5 Å². The number of amides is 1. The van der Waals surface area contributed by atoms with Crippen LogP contribution in [0.1, 0.15) is 22.8 Å². The average molecular weight is 434 g/mol. The highest BCUT2D eigenvalue weighted by molar-refractivity contribution is 7.07. The fourth-order valence-electron chi connectivity index (χ4n) is 3.74. The zero-order valence-corrected chi connectivity index (χ0v) is 17.7. The van der Waals surface area contributed by atoms with Gasteiger partial charge in [-0.25, -0.2) is 4.99 Å². The lowest BCUT2D eigenvalue weighted by atomic mass is 10.1. The maximum Gasteiger partial charge on any atom is 0.272 e. The first kappa shape index (κ1) is 19.3. The van der Waals surface area contributed by atoms with Gasteiger partial charge >= 0.3 is 0 Å². The van der Waals surface area contributed by atoms with Crippen molar-refractivity contribution in [1.29, 1.82) is 0 Å². The largest absolute Gasteiger partial charge is 0.497 e. The quantitative estimate of drug-likeness (QED) is 0.628. The van der Waals surface area contributed by atoms with Gasteiger partial charge in [0.05, 0.1) is 12.7 Å². The molecule has 1 N–H and O–H groups in total. The summed E-state index contributed by atoms with van der Waals surface area (Å²) in [4.78, 5) is 44.7. The third kappa shape index (κ3) is 3.14. The molecular formula is C22H18N4O4S. The fourth-order valence-corrected chi connectivity index (χ4v) is 4.80. The summed E-state index contributed by atoms with van der Waals surface area (Å²) in [5.41, 5.74) is 2.78. The summed E-state index contributed by atoms with van der Waals surface area (Å²) < 4.78 is 7.19. The van der Waals surface area contributed by atoms with E-state index in [0.29, 0.717) is 44.1 Å². The number of rotatable bonds is 3. The lowest BCUT2D eigenvalue weighted by molar-refractivity contribution is -0.110. The second kappa shape index (κ2) is 7.21. The van der Waals surface area contributed by atoms with E-state index >= 15 is 0 Å². The molecule has 0 aliphatic carbocycles. The van der Waals surface area contributed by atoms with Crippen LogP contribution in [0.2, 0.25) is 0 Å². The van der Waals surface area contributed by atoms with Crippen LogP contribution in [0, 0.1) is 0 Å². The van der Waals surface area contributed by atoms with E-state index in [1.807, 2.05) is 17.0 Å². The summed E-state index contributed by atoms with van der Waals surface area (Å²) in [6.45, 7) is 2.16. The van der Waals surface area contributed by atoms with Crippen LogP contribution < -0.4 is 29.8 Å². The van der Waals surface area contributed by atoms with Gasteiger partial charge in [0.2, 0.25) is 0 Å². The molecule has 3 heterocycles. The van der Waals surface area contributed by atoms with Crippen LogP contribution in [-0.2, 0) is 11.5 Å². The van der Waals surface area contributed by atoms with E-state index < -0.39 is 0 Å². The smallest absolute Gasteiger partial charge is 0.272 e. The van der Waals surface area contributed by atoms with Crippen LogP contribution in [0.5, 0.6) is 5.75 Å². The lowest BCUT2D eigenvalue weighted by Gasteiger charge is -2.25. The molecule has 0 atom stereocenters. The number of ketones is 1. The third-order valence-corrected chi connectivity index (χ3v) is 6.48. The third-order valence-electron chi connectivity index (χ3n) is 5.37. The van der Waals surface area contributed by atoms with E-state index in [9.17, 15) is 14.4 Å². The number of benzene rings is 2. The van der Waals surface area contributed by atoms with E-state index in [1.165, 1.54) is 18.3 Å². The first-order chi connectivity index (χ1) is 15.0. The van der Waals surface area contributed by atoms with Crippen LogP contribution in [0.4, 0.5) is 11.4 Å². The Morgan fingerprint density at radius 1 is 1.19 bits per heavy atom. The number of carbonyl (C=O) groups excluding carboxylic acids is 2. The highest BCUT2D eigenvalue weighted by atomic mass is 32.1. The number of nitrogens with one attached hydrogen (secondary N) is 1. The number of fused-ring (bicyclic) bond motifs is 2. The molecule has 0 spiro atoms. The van der Waals surface area contributed by atoms with Crippen molar-refractivity contribution in [3.63, 3.8) is 0 Å². The first-order valence-electron chi connectivity index (χ1n) is 9.60. The van der Waals surface area contributed by atoms with Crippen LogP contribution in [0.3, 0.4) is 0 Å². The molecule has 31 heavy (non-hydrogen) atoms. The summed E-state index contributed by atoms with van der Waals surface area (Å²) in [7, 11) is 1.55. The molecule has 1 aromatic heterocycles. The molecule has 0 bridgehead atoms. The van der Waals surface area contributed by atoms with Crippen molar-refractivity contribution >= 4 is 40.0 Å². The summed E-state index contributed by atoms with van der Waals surface area (Å²) >= 11 is 1.21. The summed E-state index contributed by atoms with van der Waals surface area (Å²) in [6.07, 6.45) is 0. The molecule has 0 saturated carbocycles. The number of nitrogens with zero attached hydrogens (tertiary/aromatic N) is 3. The average Bonchev–Trinajstić information content (AvgIpc) is 3.28. The van der Waals surface area contributed by atoms with E-state index in [0.717, 1.165) is 5.69 Å². The molecule has 2 aliphatic heterocycles. The van der Waals surface area contributed by atoms with Gasteiger partial charge < -0.3 is 15.0 Å². The van der Waals surface area contributed by atoms with Crippen molar-refractivity contribution in [1.82, 2.24) is 4.57 Å². The molecule has 1 amide bonds. The van der Waals surface area contributed by atoms with Gasteiger partial charge in [0.25, 0.3) is 11.5 Å². The zero-order chi connectivity index (χ0) is 21.7. The molecule has 2 aromatic carbocycles. The highest BCUT2D eigenvalue weighted by Gasteiger charge is 2.28. The van der Waals surface area contributed by atoms with Gasteiger partial charge in [0.15, 0.2) is 10.6 Å². The number of thiazole rings is 1. The molecule has 9 heteroatoms. The molecule has 5 rings (SSSR count). The summed E-state index contributed by atoms with van der Waals surface area (Å²) in [5.74, 6) is 0.269. The zero-order valence-electron chi connectivity index (χ0n) is 16.8. The molecule has 156 valence electrons. The monoisotopic (exact) mass is 434 g/mol. The number of carbonyl (C=O) groups is 2. The number of ether oxygens (including phenoxy) is 1. The number of hydrogen-bond acceptors (Lipinski definition) is 7. The number of Topliss-reactive ketones (excluding diaryl/α,β-unsaturated/α-hetero) is 1. The van der Waals surface area contributed by atoms with Crippen LogP contribution in [0.15, 0.2) is 52.3 Å². The van der Waals surface area contributed by atoms with Crippen LogP contribution in [-0.4, -0.2) is 30.0 Å². The van der Waals surface area contributed by atoms with Gasteiger partial charge in [-0.15, -0.1) is 0 Å². The molecule has 2 aliphatic rings. The van der Waals surface area contributed by atoms with Gasteiger partial charge in [0.1, 0.15) is 23.6 Å². The Morgan fingerprint density at radius 3 is 2.81 bits per heavy atom. The molecule has 3 aromatic rings. The van der Waals surface area contributed by atoms with E-state index in [4.69, 9.17) is 4.74 Å². The topological polar surface area (TPSA) is 93.0 Å². The predicted octanol–water partition coefficient (Wildman–Crippen LogP) is 1.33. The van der Waals surface area contributed by atoms with Crippen molar-refractivity contribution in [3.8, 4) is 5.75 Å². The Hall–Kier alpha value is -3.72. The normalized spacial score (nSPS) is 16.3. The SMILES string of the molecule is COc1ccc2c(c1)C(=c1sc3n(c1=O)CN(c1cccc(C(C)=O)c1)CN=3)C(=O)N2. The van der Waals surface area contributed by atoms with Gasteiger partial charge in [-0.1, -0.05) is 23.5 Å². The Morgan fingerprint density at radius 2 is 2.03 bits per heavy atom. The Labute approximate surface area is 180 Å². The molecular weight excluding hydrogens is 416 g/mol. The van der Waals surface area contributed by atoms with Crippen LogP contribution >= 0.6 is 11.3 Å². The van der Waals surface area contributed by atoms with Crippen LogP contribution in [0.25, 0.3) is 5.57 Å². The maximum atomic E-state index is 13.3. The fraction of sp³-hybridized carbons (Fsp3) is 0.182. The van der Waals surface area contributed by atoms with E-state index in [1.54, 1.807) is 42.0 Å². The highest BCUT2D eigenvalue weighted by Crippen LogP contribution is 2.33. The van der Waals surface area contributed by atoms with Crippen molar-refractivity contribution in [2.75, 3.05) is 24.0 Å². The second-order valence-corrected chi connectivity index (χ2v) is 8.25. The minimum Gasteiger partial charge on any atom is -0.497 e. The van der Waals surface area contributed by atoms with Crippen molar-refractivity contribution in [2.45, 2.75) is 13.6 Å². The minimum absolute atomic E-state index is 0.0239. The summed E-state index contributed by atoms with van der Waals surface area (Å²) in [6, 6.07) is 12.5.